The molecule has 4 N–H and O–H groups in total. The number of aromatic amines is 1. The number of tetrazole rings is 1. The molecule has 2 aromatic heterocycles. The zero-order chi connectivity index (χ0) is 29.1. The summed E-state index contributed by atoms with van der Waals surface area (Å²) in [5, 5.41) is 44.0. The Morgan fingerprint density at radius 3 is 2.51 bits per heavy atom. The largest absolute Gasteiger partial charge is 0.481 e. The number of pyridine rings is 1. The van der Waals surface area contributed by atoms with Crippen LogP contribution in [0.1, 0.15) is 66.2 Å². The number of nitrogens with one attached hydrogen (secondary N) is 1. The molecule has 0 radical (unpaired) electrons. The van der Waals surface area contributed by atoms with Gasteiger partial charge in [0.2, 0.25) is 5.82 Å². The number of rotatable bonds is 9. The van der Waals surface area contributed by atoms with E-state index < -0.39 is 24.6 Å². The van der Waals surface area contributed by atoms with Crippen LogP contribution < -0.4 is 0 Å². The molecule has 0 amide bonds. The lowest BCUT2D eigenvalue weighted by Crippen LogP contribution is -2.19. The predicted molar refractivity (Wildman–Crippen MR) is 151 cm³/mol. The van der Waals surface area contributed by atoms with Gasteiger partial charge in [0.25, 0.3) is 0 Å². The summed E-state index contributed by atoms with van der Waals surface area (Å²) in [5.74, 6) is -0.920. The number of aryl methyl sites for hydroxylation is 2. The summed E-state index contributed by atoms with van der Waals surface area (Å²) < 4.78 is 14.0. The van der Waals surface area contributed by atoms with Crippen LogP contribution in [-0.2, 0) is 24.1 Å². The zero-order valence-electron chi connectivity index (χ0n) is 22.9. The summed E-state index contributed by atoms with van der Waals surface area (Å²) in [6.07, 6.45) is 2.66. The smallest absolute Gasteiger partial charge is 0.305 e. The number of benzene rings is 2. The molecule has 0 aliphatic heterocycles. The molecule has 41 heavy (non-hydrogen) atoms. The molecule has 0 saturated heterocycles. The van der Waals surface area contributed by atoms with Crippen LogP contribution in [0.2, 0.25) is 0 Å². The van der Waals surface area contributed by atoms with Gasteiger partial charge in [0.1, 0.15) is 5.82 Å². The van der Waals surface area contributed by atoms with Crippen molar-refractivity contribution in [2.45, 2.75) is 64.1 Å². The summed E-state index contributed by atoms with van der Waals surface area (Å²) in [5.41, 5.74) is 8.53. The normalized spacial score (nSPS) is 14.5. The molecule has 0 saturated carbocycles. The predicted octanol–water partition coefficient (Wildman–Crippen LogP) is 4.48. The molecule has 1 aliphatic rings. The molecule has 0 unspecified atom stereocenters. The highest BCUT2D eigenvalue weighted by Crippen LogP contribution is 2.39. The van der Waals surface area contributed by atoms with Crippen LogP contribution in [-0.4, -0.2) is 59.1 Å². The molecule has 0 spiro atoms. The number of nitrogens with zero attached hydrogens (tertiary/aromatic N) is 4. The fourth-order valence-corrected chi connectivity index (χ4v) is 5.41. The minimum absolute atomic E-state index is 0.0457. The van der Waals surface area contributed by atoms with E-state index in [0.29, 0.717) is 12.2 Å². The van der Waals surface area contributed by atoms with E-state index >= 15 is 0 Å². The van der Waals surface area contributed by atoms with Crippen LogP contribution in [0.15, 0.2) is 48.5 Å². The van der Waals surface area contributed by atoms with Crippen LogP contribution in [0.4, 0.5) is 4.39 Å². The second kappa shape index (κ2) is 12.1. The lowest BCUT2D eigenvalue weighted by atomic mass is 9.86. The summed E-state index contributed by atoms with van der Waals surface area (Å²) in [6, 6.07) is 12.5. The SMILES string of the molecule is CC(C)c1nc2c(c(-c3ccc(F)cc3)c1C=C[C@@H](O)C[C@@H](O)CC(=O)O)Cc1cc(-c3nn[nH]n3)ccc1CC2. The quantitative estimate of drug-likeness (QED) is 0.236. The van der Waals surface area contributed by atoms with E-state index in [-0.39, 0.29) is 18.2 Å². The summed E-state index contributed by atoms with van der Waals surface area (Å²) in [7, 11) is 0. The van der Waals surface area contributed by atoms with Crippen LogP contribution in [0.25, 0.3) is 28.6 Å². The Balaban J connectivity index is 1.64. The van der Waals surface area contributed by atoms with Crippen LogP contribution in [0.3, 0.4) is 0 Å². The summed E-state index contributed by atoms with van der Waals surface area (Å²) >= 11 is 0. The van der Waals surface area contributed by atoms with Crippen LogP contribution in [0.5, 0.6) is 0 Å². The lowest BCUT2D eigenvalue weighted by Gasteiger charge is -2.22. The second-order valence-corrected chi connectivity index (χ2v) is 10.7. The number of carboxylic acids is 1. The maximum absolute atomic E-state index is 14.0. The number of aliphatic carboxylic acids is 1. The average Bonchev–Trinajstić information content (AvgIpc) is 3.40. The van der Waals surface area contributed by atoms with Gasteiger partial charge in [-0.2, -0.15) is 5.21 Å². The van der Waals surface area contributed by atoms with Crippen molar-refractivity contribution < 1.29 is 24.5 Å². The van der Waals surface area contributed by atoms with E-state index in [1.54, 1.807) is 24.3 Å². The second-order valence-electron chi connectivity index (χ2n) is 10.7. The molecule has 2 aromatic carbocycles. The molecule has 0 fully saturated rings. The van der Waals surface area contributed by atoms with Gasteiger partial charge in [0.05, 0.1) is 24.3 Å². The van der Waals surface area contributed by atoms with Crippen molar-refractivity contribution in [1.82, 2.24) is 25.6 Å². The Morgan fingerprint density at radius 1 is 1.07 bits per heavy atom. The molecular weight excluding hydrogens is 525 g/mol. The van der Waals surface area contributed by atoms with Gasteiger partial charge in [-0.3, -0.25) is 9.78 Å². The average molecular weight is 558 g/mol. The number of carboxylic acid groups (broad SMARTS) is 1. The molecule has 9 nitrogen and oxygen atoms in total. The number of H-pyrrole nitrogens is 1. The first-order valence-corrected chi connectivity index (χ1v) is 13.6. The van der Waals surface area contributed by atoms with E-state index in [9.17, 15) is 19.4 Å². The van der Waals surface area contributed by atoms with Gasteiger partial charge in [-0.1, -0.05) is 50.3 Å². The van der Waals surface area contributed by atoms with Crippen molar-refractivity contribution in [1.29, 1.82) is 0 Å². The molecule has 2 atom stereocenters. The molecule has 5 rings (SSSR count). The van der Waals surface area contributed by atoms with Crippen molar-refractivity contribution >= 4 is 12.0 Å². The Hall–Kier alpha value is -4.28. The lowest BCUT2D eigenvalue weighted by molar-refractivity contribution is -0.139. The molecule has 1 aliphatic carbocycles. The molecule has 212 valence electrons. The molecule has 4 aromatic rings. The minimum atomic E-state index is -1.18. The zero-order valence-corrected chi connectivity index (χ0v) is 22.9. The van der Waals surface area contributed by atoms with E-state index in [1.807, 2.05) is 6.07 Å². The maximum atomic E-state index is 14.0. The van der Waals surface area contributed by atoms with Gasteiger partial charge in [-0.25, -0.2) is 4.39 Å². The third-order valence-electron chi connectivity index (χ3n) is 7.35. The summed E-state index contributed by atoms with van der Waals surface area (Å²) in [6.45, 7) is 4.10. The number of fused-ring (bicyclic) bond motifs is 2. The van der Waals surface area contributed by atoms with Crippen LogP contribution in [0, 0.1) is 5.82 Å². The van der Waals surface area contributed by atoms with Crippen molar-refractivity contribution in [3.8, 4) is 22.5 Å². The number of halogens is 1. The third-order valence-corrected chi connectivity index (χ3v) is 7.35. The highest BCUT2D eigenvalue weighted by atomic mass is 19.1. The fourth-order valence-electron chi connectivity index (χ4n) is 5.41. The Morgan fingerprint density at radius 2 is 1.83 bits per heavy atom. The van der Waals surface area contributed by atoms with Crippen molar-refractivity contribution in [3.05, 3.63) is 88.0 Å². The Kier molecular flexibility index (Phi) is 8.32. The van der Waals surface area contributed by atoms with Gasteiger partial charge in [0, 0.05) is 29.7 Å². The van der Waals surface area contributed by atoms with Gasteiger partial charge in [0.15, 0.2) is 0 Å². The van der Waals surface area contributed by atoms with Gasteiger partial charge >= 0.3 is 5.97 Å². The number of hydrogen-bond donors (Lipinski definition) is 4. The van der Waals surface area contributed by atoms with E-state index in [0.717, 1.165) is 57.6 Å². The highest BCUT2D eigenvalue weighted by molar-refractivity contribution is 5.81. The van der Waals surface area contributed by atoms with Crippen molar-refractivity contribution in [2.24, 2.45) is 0 Å². The Labute approximate surface area is 236 Å². The standard InChI is InChI=1S/C31H32FN5O4/c1-17(2)30-25(11-10-23(38)15-24(39)16-28(40)41)29(19-5-8-22(32)9-6-19)26-14-21-13-20(31-34-36-37-35-31)4-3-18(21)7-12-27(26)33-30/h3-6,8-11,13,17,23-24,38-39H,7,12,14-16H2,1-2H3,(H,40,41)(H,34,35,36,37)/t23-,24-/m1/s1. The van der Waals surface area contributed by atoms with Gasteiger partial charge in [-0.05, 0) is 70.0 Å². The van der Waals surface area contributed by atoms with E-state index in [1.165, 1.54) is 17.7 Å². The minimum Gasteiger partial charge on any atom is -0.481 e. The molecular formula is C31H32FN5O4. The first-order valence-electron chi connectivity index (χ1n) is 13.6. The fraction of sp³-hybridized carbons (Fsp3) is 0.323. The number of hydrogen-bond acceptors (Lipinski definition) is 7. The topological polar surface area (TPSA) is 145 Å². The first kappa shape index (κ1) is 28.3. The molecule has 10 heteroatoms. The number of carbonyl (C=O) groups is 1. The number of aliphatic hydroxyl groups is 2. The Bertz CT molecular complexity index is 1570. The number of aliphatic hydroxyl groups excluding tert-OH is 2. The maximum Gasteiger partial charge on any atom is 0.305 e. The number of aromatic nitrogens is 5. The highest BCUT2D eigenvalue weighted by Gasteiger charge is 2.25. The van der Waals surface area contributed by atoms with Crippen LogP contribution >= 0.6 is 0 Å². The molecule has 2 heterocycles. The monoisotopic (exact) mass is 557 g/mol. The van der Waals surface area contributed by atoms with E-state index in [4.69, 9.17) is 10.1 Å². The first-order chi connectivity index (χ1) is 19.7. The molecule has 0 bridgehead atoms. The van der Waals surface area contributed by atoms with Crippen molar-refractivity contribution in [2.75, 3.05) is 0 Å². The van der Waals surface area contributed by atoms with E-state index in [2.05, 4.69) is 46.6 Å². The summed E-state index contributed by atoms with van der Waals surface area (Å²) in [4.78, 5) is 16.1. The third kappa shape index (κ3) is 6.39. The van der Waals surface area contributed by atoms with Gasteiger partial charge < -0.3 is 15.3 Å². The van der Waals surface area contributed by atoms with Crippen molar-refractivity contribution in [3.63, 3.8) is 0 Å². The van der Waals surface area contributed by atoms with Gasteiger partial charge in [-0.15, -0.1) is 10.2 Å².